The number of aromatic nitrogens is 2. The van der Waals surface area contributed by atoms with Gasteiger partial charge in [-0.15, -0.1) is 0 Å². The lowest BCUT2D eigenvalue weighted by molar-refractivity contribution is -0.138. The second kappa shape index (κ2) is 9.62. The number of pyridine rings is 2. The average molecular weight is 505 g/mol. The fourth-order valence-corrected chi connectivity index (χ4v) is 5.22. The van der Waals surface area contributed by atoms with Crippen molar-refractivity contribution in [1.29, 1.82) is 0 Å². The van der Waals surface area contributed by atoms with E-state index in [1.807, 2.05) is 24.3 Å². The molecule has 1 aromatic carbocycles. The van der Waals surface area contributed by atoms with E-state index in [0.29, 0.717) is 47.4 Å². The smallest absolute Gasteiger partial charge is 0.338 e. The normalized spacial score (nSPS) is 17.9. The number of esters is 1. The molecule has 1 aliphatic heterocycles. The minimum Gasteiger partial charge on any atom is -0.497 e. The number of ketones is 1. The Morgan fingerprint density at radius 3 is 2.81 bits per heavy atom. The lowest BCUT2D eigenvalue weighted by Gasteiger charge is -2.40. The van der Waals surface area contributed by atoms with Crippen LogP contribution in [0.1, 0.15) is 37.7 Å². The van der Waals surface area contributed by atoms with Crippen molar-refractivity contribution in [3.8, 4) is 5.75 Å². The van der Waals surface area contributed by atoms with Crippen LogP contribution in [0, 0.1) is 0 Å². The molecule has 0 fully saturated rings. The zero-order valence-corrected chi connectivity index (χ0v) is 20.7. The molecule has 3 aromatic rings. The van der Waals surface area contributed by atoms with Crippen molar-refractivity contribution < 1.29 is 19.1 Å². The summed E-state index contributed by atoms with van der Waals surface area (Å²) in [5, 5.41) is 0.947. The monoisotopic (exact) mass is 504 g/mol. The van der Waals surface area contributed by atoms with Gasteiger partial charge in [-0.3, -0.25) is 14.7 Å². The van der Waals surface area contributed by atoms with Crippen LogP contribution in [0.15, 0.2) is 71.5 Å². The molecule has 2 aromatic heterocycles. The highest BCUT2D eigenvalue weighted by molar-refractivity contribution is 6.31. The Hall–Kier alpha value is -3.91. The molecule has 0 saturated heterocycles. The van der Waals surface area contributed by atoms with Gasteiger partial charge in [0.05, 0.1) is 42.6 Å². The van der Waals surface area contributed by atoms with Crippen LogP contribution in [-0.2, 0) is 14.3 Å². The van der Waals surface area contributed by atoms with Crippen LogP contribution >= 0.6 is 11.6 Å². The number of hydrogen-bond donors (Lipinski definition) is 1. The van der Waals surface area contributed by atoms with E-state index in [1.54, 1.807) is 43.5 Å². The highest BCUT2D eigenvalue weighted by Crippen LogP contribution is 2.48. The first kappa shape index (κ1) is 23.8. The van der Waals surface area contributed by atoms with E-state index in [1.165, 1.54) is 0 Å². The number of nitrogens with zero attached hydrogens (tertiary/aromatic N) is 3. The first-order valence-corrected chi connectivity index (χ1v) is 12.1. The molecule has 184 valence electrons. The zero-order chi connectivity index (χ0) is 25.4. The molecule has 2 aliphatic rings. The first-order chi connectivity index (χ1) is 17.4. The predicted octanol–water partition coefficient (Wildman–Crippen LogP) is 4.64. The van der Waals surface area contributed by atoms with E-state index in [0.717, 1.165) is 11.1 Å². The van der Waals surface area contributed by atoms with Crippen molar-refractivity contribution in [2.45, 2.75) is 32.1 Å². The SMILES string of the molecule is CCOC(=O)C1=C(N)N(c2cccnc2)C2=C(C(=O)CCC2)C1c1cc2cc(OC)ccc2nc1Cl. The summed E-state index contributed by atoms with van der Waals surface area (Å²) in [6.07, 6.45) is 4.94. The summed E-state index contributed by atoms with van der Waals surface area (Å²) in [4.78, 5) is 37.4. The highest BCUT2D eigenvalue weighted by atomic mass is 35.5. The molecular formula is C27H25ClN4O4. The molecule has 8 nitrogen and oxygen atoms in total. The number of hydrogen-bond acceptors (Lipinski definition) is 8. The van der Waals surface area contributed by atoms with Gasteiger partial charge in [-0.05, 0) is 56.2 Å². The Morgan fingerprint density at radius 1 is 1.25 bits per heavy atom. The molecule has 1 unspecified atom stereocenters. The van der Waals surface area contributed by atoms with Crippen molar-refractivity contribution in [3.05, 3.63) is 82.2 Å². The number of methoxy groups -OCH3 is 1. The van der Waals surface area contributed by atoms with Crippen molar-refractivity contribution in [2.75, 3.05) is 18.6 Å². The topological polar surface area (TPSA) is 108 Å². The minimum atomic E-state index is -0.824. The van der Waals surface area contributed by atoms with Gasteiger partial charge >= 0.3 is 5.97 Å². The third kappa shape index (κ3) is 3.97. The van der Waals surface area contributed by atoms with Gasteiger partial charge in [-0.25, -0.2) is 9.78 Å². The van der Waals surface area contributed by atoms with Gasteiger partial charge in [0.2, 0.25) is 0 Å². The maximum absolute atomic E-state index is 13.5. The first-order valence-electron chi connectivity index (χ1n) is 11.7. The van der Waals surface area contributed by atoms with Crippen LogP contribution < -0.4 is 15.4 Å². The van der Waals surface area contributed by atoms with Crippen molar-refractivity contribution in [1.82, 2.24) is 9.97 Å². The molecule has 1 atom stereocenters. The number of anilines is 1. The van der Waals surface area contributed by atoms with E-state index in [2.05, 4.69) is 9.97 Å². The molecule has 3 heterocycles. The lowest BCUT2D eigenvalue weighted by Crippen LogP contribution is -2.41. The number of nitrogens with two attached hydrogens (primary N) is 1. The average Bonchev–Trinajstić information content (AvgIpc) is 2.88. The molecule has 0 spiro atoms. The number of Topliss-reactive ketones (excluding diaryl/α,β-unsaturated/α-hetero) is 1. The van der Waals surface area contributed by atoms with E-state index < -0.39 is 11.9 Å². The standard InChI is InChI=1S/C27H25ClN4O4/c1-3-36-27(34)24-22(18-13-15-12-17(35-2)9-10-19(15)31-25(18)28)23-20(7-4-8-21(23)33)32(26(24)29)16-6-5-11-30-14-16/h5-6,9-14,22H,3-4,7-8,29H2,1-2H3. The quantitative estimate of drug-likeness (QED) is 0.395. The fourth-order valence-electron chi connectivity index (χ4n) is 4.96. The number of halogens is 1. The van der Waals surface area contributed by atoms with Gasteiger partial charge in [0.15, 0.2) is 5.78 Å². The van der Waals surface area contributed by atoms with Crippen molar-refractivity contribution in [3.63, 3.8) is 0 Å². The summed E-state index contributed by atoms with van der Waals surface area (Å²) >= 11 is 6.72. The van der Waals surface area contributed by atoms with Crippen molar-refractivity contribution >= 4 is 39.9 Å². The highest BCUT2D eigenvalue weighted by Gasteiger charge is 2.44. The minimum absolute atomic E-state index is 0.0637. The summed E-state index contributed by atoms with van der Waals surface area (Å²) < 4.78 is 10.8. The molecule has 0 bridgehead atoms. The van der Waals surface area contributed by atoms with Gasteiger partial charge in [0, 0.05) is 34.8 Å². The third-order valence-electron chi connectivity index (χ3n) is 6.51. The molecular weight excluding hydrogens is 480 g/mol. The molecule has 0 radical (unpaired) electrons. The Kier molecular flexibility index (Phi) is 6.36. The van der Waals surface area contributed by atoms with E-state index in [9.17, 15) is 9.59 Å². The largest absolute Gasteiger partial charge is 0.497 e. The lowest BCUT2D eigenvalue weighted by atomic mass is 9.75. The van der Waals surface area contributed by atoms with E-state index >= 15 is 0 Å². The van der Waals surface area contributed by atoms with E-state index in [4.69, 9.17) is 26.8 Å². The summed E-state index contributed by atoms with van der Waals surface area (Å²) in [6.45, 7) is 1.87. The zero-order valence-electron chi connectivity index (χ0n) is 20.0. The molecule has 0 saturated carbocycles. The molecule has 9 heteroatoms. The molecule has 2 N–H and O–H groups in total. The third-order valence-corrected chi connectivity index (χ3v) is 6.81. The summed E-state index contributed by atoms with van der Waals surface area (Å²) in [6, 6.07) is 10.9. The summed E-state index contributed by atoms with van der Waals surface area (Å²) in [7, 11) is 1.58. The Bertz CT molecular complexity index is 1430. The second-order valence-corrected chi connectivity index (χ2v) is 8.92. The Morgan fingerprint density at radius 2 is 2.08 bits per heavy atom. The number of fused-ring (bicyclic) bond motifs is 1. The molecule has 36 heavy (non-hydrogen) atoms. The molecule has 5 rings (SSSR count). The number of ether oxygens (including phenoxy) is 2. The van der Waals surface area contributed by atoms with Gasteiger partial charge in [-0.1, -0.05) is 11.6 Å². The number of benzene rings is 1. The van der Waals surface area contributed by atoms with Crippen molar-refractivity contribution in [2.24, 2.45) is 5.73 Å². The van der Waals surface area contributed by atoms with E-state index in [-0.39, 0.29) is 28.9 Å². The number of carbonyl (C=O) groups excluding carboxylic acids is 2. The maximum atomic E-state index is 13.5. The van der Waals surface area contributed by atoms with Crippen LogP contribution in [0.4, 0.5) is 5.69 Å². The maximum Gasteiger partial charge on any atom is 0.338 e. The summed E-state index contributed by atoms with van der Waals surface area (Å²) in [5.41, 5.74) is 9.92. The predicted molar refractivity (Wildman–Crippen MR) is 136 cm³/mol. The number of carbonyl (C=O) groups is 2. The number of rotatable bonds is 5. The summed E-state index contributed by atoms with van der Waals surface area (Å²) in [5.74, 6) is -0.665. The second-order valence-electron chi connectivity index (χ2n) is 8.56. The van der Waals surface area contributed by atoms with Gasteiger partial charge in [0.1, 0.15) is 16.7 Å². The molecule has 1 aliphatic carbocycles. The Labute approximate surface area is 213 Å². The Balaban J connectivity index is 1.80. The van der Waals surface area contributed by atoms with Gasteiger partial charge in [0.25, 0.3) is 0 Å². The van der Waals surface area contributed by atoms with Gasteiger partial charge < -0.3 is 15.2 Å². The number of allylic oxidation sites excluding steroid dienone is 2. The molecule has 0 amide bonds. The van der Waals surface area contributed by atoms with Crippen LogP contribution in [0.3, 0.4) is 0 Å². The fraction of sp³-hybridized carbons (Fsp3) is 0.259. The van der Waals surface area contributed by atoms with Crippen LogP contribution in [-0.4, -0.2) is 35.4 Å². The van der Waals surface area contributed by atoms with Crippen LogP contribution in [0.5, 0.6) is 5.75 Å². The van der Waals surface area contributed by atoms with Crippen LogP contribution in [0.2, 0.25) is 5.15 Å². The van der Waals surface area contributed by atoms with Crippen LogP contribution in [0.25, 0.3) is 10.9 Å². The van der Waals surface area contributed by atoms with Gasteiger partial charge in [-0.2, -0.15) is 0 Å².